The van der Waals surface area contributed by atoms with E-state index < -0.39 is 6.10 Å². The molecular formula is C21H25NO3. The number of carbonyl (C=O) groups is 1. The number of amides is 1. The summed E-state index contributed by atoms with van der Waals surface area (Å²) in [6.07, 6.45) is 3.77. The van der Waals surface area contributed by atoms with E-state index in [1.807, 2.05) is 54.6 Å². The van der Waals surface area contributed by atoms with Crippen molar-refractivity contribution in [3.05, 3.63) is 65.7 Å². The SMILES string of the molecule is O=C(CC(O)c1ccc(OCc2ccccc2)cc1)NC1CCCC1. The van der Waals surface area contributed by atoms with Gasteiger partial charge in [-0.1, -0.05) is 55.3 Å². The van der Waals surface area contributed by atoms with Gasteiger partial charge in [-0.15, -0.1) is 0 Å². The van der Waals surface area contributed by atoms with Gasteiger partial charge in [0.25, 0.3) is 0 Å². The zero-order valence-corrected chi connectivity index (χ0v) is 14.4. The molecule has 0 heterocycles. The summed E-state index contributed by atoms with van der Waals surface area (Å²) >= 11 is 0. The molecule has 1 amide bonds. The van der Waals surface area contributed by atoms with Gasteiger partial charge in [-0.3, -0.25) is 4.79 Å². The molecule has 1 aliphatic carbocycles. The van der Waals surface area contributed by atoms with E-state index in [1.165, 1.54) is 12.8 Å². The van der Waals surface area contributed by atoms with Gasteiger partial charge < -0.3 is 15.2 Å². The number of aliphatic hydroxyl groups is 1. The van der Waals surface area contributed by atoms with Crippen molar-refractivity contribution in [2.45, 2.75) is 50.9 Å². The lowest BCUT2D eigenvalue weighted by Crippen LogP contribution is -2.33. The molecule has 0 aromatic heterocycles. The Morgan fingerprint density at radius 2 is 1.76 bits per heavy atom. The summed E-state index contributed by atoms with van der Waals surface area (Å²) in [6.45, 7) is 0.506. The largest absolute Gasteiger partial charge is 0.489 e. The van der Waals surface area contributed by atoms with Crippen molar-refractivity contribution in [3.63, 3.8) is 0 Å². The van der Waals surface area contributed by atoms with E-state index in [2.05, 4.69) is 5.32 Å². The minimum atomic E-state index is -0.787. The van der Waals surface area contributed by atoms with Gasteiger partial charge in [0.05, 0.1) is 12.5 Å². The van der Waals surface area contributed by atoms with Gasteiger partial charge in [0.15, 0.2) is 0 Å². The Bertz CT molecular complexity index is 663. The molecule has 1 atom stereocenters. The van der Waals surface area contributed by atoms with E-state index in [-0.39, 0.29) is 18.4 Å². The monoisotopic (exact) mass is 339 g/mol. The second kappa shape index (κ2) is 8.67. The molecule has 1 fully saturated rings. The highest BCUT2D eigenvalue weighted by Crippen LogP contribution is 2.22. The molecule has 1 saturated carbocycles. The molecule has 1 unspecified atom stereocenters. The predicted molar refractivity (Wildman–Crippen MR) is 97.2 cm³/mol. The minimum Gasteiger partial charge on any atom is -0.489 e. The lowest BCUT2D eigenvalue weighted by Gasteiger charge is -2.15. The topological polar surface area (TPSA) is 58.6 Å². The molecule has 1 aliphatic rings. The maximum atomic E-state index is 12.0. The van der Waals surface area contributed by atoms with Crippen LogP contribution in [0.25, 0.3) is 0 Å². The third-order valence-corrected chi connectivity index (χ3v) is 4.61. The van der Waals surface area contributed by atoms with E-state index >= 15 is 0 Å². The van der Waals surface area contributed by atoms with Gasteiger partial charge in [0, 0.05) is 6.04 Å². The molecule has 2 aromatic rings. The summed E-state index contributed by atoms with van der Waals surface area (Å²) < 4.78 is 5.74. The molecule has 0 radical (unpaired) electrons. The van der Waals surface area contributed by atoms with Gasteiger partial charge in [-0.05, 0) is 36.1 Å². The highest BCUT2D eigenvalue weighted by atomic mass is 16.5. The summed E-state index contributed by atoms with van der Waals surface area (Å²) in [6, 6.07) is 17.5. The molecule has 4 heteroatoms. The number of hydrogen-bond donors (Lipinski definition) is 2. The average molecular weight is 339 g/mol. The number of rotatable bonds is 7. The van der Waals surface area contributed by atoms with Crippen molar-refractivity contribution in [1.82, 2.24) is 5.32 Å². The van der Waals surface area contributed by atoms with Crippen LogP contribution in [-0.2, 0) is 11.4 Å². The van der Waals surface area contributed by atoms with Crippen LogP contribution in [0.2, 0.25) is 0 Å². The molecule has 0 saturated heterocycles. The molecule has 0 spiro atoms. The van der Waals surface area contributed by atoms with Crippen molar-refractivity contribution in [3.8, 4) is 5.75 Å². The summed E-state index contributed by atoms with van der Waals surface area (Å²) in [7, 11) is 0. The number of nitrogens with one attached hydrogen (secondary N) is 1. The molecule has 0 bridgehead atoms. The molecule has 4 nitrogen and oxygen atoms in total. The summed E-state index contributed by atoms with van der Waals surface area (Å²) in [5.74, 6) is 0.666. The van der Waals surface area contributed by atoms with Crippen molar-refractivity contribution in [1.29, 1.82) is 0 Å². The quantitative estimate of drug-likeness (QED) is 0.808. The Morgan fingerprint density at radius 1 is 1.08 bits per heavy atom. The first-order chi connectivity index (χ1) is 12.2. The van der Waals surface area contributed by atoms with Crippen molar-refractivity contribution in [2.24, 2.45) is 0 Å². The number of ether oxygens (including phenoxy) is 1. The molecule has 132 valence electrons. The van der Waals surface area contributed by atoms with E-state index in [9.17, 15) is 9.90 Å². The van der Waals surface area contributed by atoms with Crippen LogP contribution < -0.4 is 10.1 Å². The number of carbonyl (C=O) groups excluding carboxylic acids is 1. The lowest BCUT2D eigenvalue weighted by atomic mass is 10.1. The molecule has 25 heavy (non-hydrogen) atoms. The molecule has 2 N–H and O–H groups in total. The molecular weight excluding hydrogens is 314 g/mol. The van der Waals surface area contributed by atoms with Crippen molar-refractivity contribution >= 4 is 5.91 Å². The zero-order valence-electron chi connectivity index (χ0n) is 14.4. The van der Waals surface area contributed by atoms with Crippen LogP contribution in [-0.4, -0.2) is 17.1 Å². The Morgan fingerprint density at radius 3 is 2.44 bits per heavy atom. The van der Waals surface area contributed by atoms with E-state index in [0.717, 1.165) is 29.7 Å². The van der Waals surface area contributed by atoms with Gasteiger partial charge >= 0.3 is 0 Å². The van der Waals surface area contributed by atoms with Crippen LogP contribution in [0.1, 0.15) is 49.3 Å². The minimum absolute atomic E-state index is 0.0798. The highest BCUT2D eigenvalue weighted by Gasteiger charge is 2.19. The van der Waals surface area contributed by atoms with Crippen LogP contribution in [0.5, 0.6) is 5.75 Å². The van der Waals surface area contributed by atoms with Crippen LogP contribution in [0, 0.1) is 0 Å². The number of hydrogen-bond acceptors (Lipinski definition) is 3. The smallest absolute Gasteiger partial charge is 0.223 e. The number of benzene rings is 2. The van der Waals surface area contributed by atoms with E-state index in [4.69, 9.17) is 4.74 Å². The first-order valence-electron chi connectivity index (χ1n) is 8.95. The zero-order chi connectivity index (χ0) is 17.5. The second-order valence-corrected chi connectivity index (χ2v) is 6.61. The fraction of sp³-hybridized carbons (Fsp3) is 0.381. The third-order valence-electron chi connectivity index (χ3n) is 4.61. The van der Waals surface area contributed by atoms with Crippen molar-refractivity contribution < 1.29 is 14.6 Å². The Hall–Kier alpha value is -2.33. The highest BCUT2D eigenvalue weighted by molar-refractivity contribution is 5.77. The fourth-order valence-corrected chi connectivity index (χ4v) is 3.18. The van der Waals surface area contributed by atoms with E-state index in [0.29, 0.717) is 6.61 Å². The van der Waals surface area contributed by atoms with E-state index in [1.54, 1.807) is 0 Å². The number of aliphatic hydroxyl groups excluding tert-OH is 1. The summed E-state index contributed by atoms with van der Waals surface area (Å²) in [5, 5.41) is 13.3. The van der Waals surface area contributed by atoms with Crippen molar-refractivity contribution in [2.75, 3.05) is 0 Å². The average Bonchev–Trinajstić information content (AvgIpc) is 3.14. The van der Waals surface area contributed by atoms with Gasteiger partial charge in [0.1, 0.15) is 12.4 Å². The standard InChI is InChI=1S/C21H25NO3/c23-20(14-21(24)22-18-8-4-5-9-18)17-10-12-19(13-11-17)25-15-16-6-2-1-3-7-16/h1-3,6-7,10-13,18,20,23H,4-5,8-9,14-15H2,(H,22,24). The van der Waals surface area contributed by atoms with Crippen LogP contribution in [0.4, 0.5) is 0 Å². The van der Waals surface area contributed by atoms with Gasteiger partial charge in [-0.25, -0.2) is 0 Å². The molecule has 2 aromatic carbocycles. The summed E-state index contributed by atoms with van der Waals surface area (Å²) in [5.41, 5.74) is 1.84. The Labute approximate surface area is 148 Å². The first-order valence-corrected chi connectivity index (χ1v) is 8.95. The molecule has 0 aliphatic heterocycles. The third kappa shape index (κ3) is 5.33. The van der Waals surface area contributed by atoms with Crippen LogP contribution in [0.3, 0.4) is 0 Å². The lowest BCUT2D eigenvalue weighted by molar-refractivity contribution is -0.123. The van der Waals surface area contributed by atoms with Crippen LogP contribution >= 0.6 is 0 Å². The Balaban J connectivity index is 1.48. The predicted octanol–water partition coefficient (Wildman–Crippen LogP) is 3.75. The van der Waals surface area contributed by atoms with Gasteiger partial charge in [-0.2, -0.15) is 0 Å². The fourth-order valence-electron chi connectivity index (χ4n) is 3.18. The maximum absolute atomic E-state index is 12.0. The second-order valence-electron chi connectivity index (χ2n) is 6.61. The maximum Gasteiger partial charge on any atom is 0.223 e. The Kier molecular flexibility index (Phi) is 6.07. The first kappa shape index (κ1) is 17.5. The van der Waals surface area contributed by atoms with Crippen LogP contribution in [0.15, 0.2) is 54.6 Å². The molecule has 3 rings (SSSR count). The normalized spacial score (nSPS) is 15.7. The van der Waals surface area contributed by atoms with Gasteiger partial charge in [0.2, 0.25) is 5.91 Å². The summed E-state index contributed by atoms with van der Waals surface area (Å²) in [4.78, 5) is 12.0.